The lowest BCUT2D eigenvalue weighted by molar-refractivity contribution is 0.0953. The van der Waals surface area contributed by atoms with Gasteiger partial charge in [-0.05, 0) is 45.0 Å². The first-order chi connectivity index (χ1) is 6.92. The smallest absolute Gasteiger partial charge is 0.265 e. The molecule has 0 saturated heterocycles. The van der Waals surface area contributed by atoms with Gasteiger partial charge in [-0.1, -0.05) is 0 Å². The highest BCUT2D eigenvalue weighted by molar-refractivity contribution is 5.93. The Hall–Kier alpha value is -1.55. The van der Waals surface area contributed by atoms with Crippen LogP contribution >= 0.6 is 0 Å². The summed E-state index contributed by atoms with van der Waals surface area (Å²) in [5, 5.41) is 0. The van der Waals surface area contributed by atoms with Crippen molar-refractivity contribution in [1.82, 2.24) is 5.43 Å². The number of rotatable bonds is 2. The van der Waals surface area contributed by atoms with Crippen molar-refractivity contribution < 1.29 is 9.53 Å². The van der Waals surface area contributed by atoms with Crippen LogP contribution in [0.4, 0.5) is 0 Å². The van der Waals surface area contributed by atoms with Crippen molar-refractivity contribution in [3.63, 3.8) is 0 Å². The number of hydrogen-bond acceptors (Lipinski definition) is 3. The normalized spacial score (nSPS) is 10.9. The molecule has 0 unspecified atom stereocenters. The second-order valence-electron chi connectivity index (χ2n) is 4.21. The fourth-order valence-corrected chi connectivity index (χ4v) is 1.11. The lowest BCUT2D eigenvalue weighted by Crippen LogP contribution is -2.29. The molecule has 0 aromatic heterocycles. The molecule has 4 nitrogen and oxygen atoms in total. The van der Waals surface area contributed by atoms with E-state index in [-0.39, 0.29) is 11.5 Å². The maximum absolute atomic E-state index is 11.1. The van der Waals surface area contributed by atoms with E-state index >= 15 is 0 Å². The molecule has 1 amide bonds. The highest BCUT2D eigenvalue weighted by Crippen LogP contribution is 2.18. The summed E-state index contributed by atoms with van der Waals surface area (Å²) in [7, 11) is 0. The minimum atomic E-state index is -0.308. The Morgan fingerprint density at radius 3 is 2.20 bits per heavy atom. The molecule has 0 heterocycles. The Labute approximate surface area is 89.4 Å². The quantitative estimate of drug-likeness (QED) is 0.439. The molecule has 15 heavy (non-hydrogen) atoms. The maximum Gasteiger partial charge on any atom is 0.265 e. The fraction of sp³-hybridized carbons (Fsp3) is 0.364. The molecule has 0 aliphatic rings. The Bertz CT molecular complexity index is 339. The number of nitrogen functional groups attached to an aromatic ring is 1. The van der Waals surface area contributed by atoms with Gasteiger partial charge in [-0.15, -0.1) is 0 Å². The number of ether oxygens (including phenoxy) is 1. The van der Waals surface area contributed by atoms with Crippen LogP contribution in [0.3, 0.4) is 0 Å². The number of hydrogen-bond donors (Lipinski definition) is 2. The van der Waals surface area contributed by atoms with Gasteiger partial charge in [0.2, 0.25) is 0 Å². The summed E-state index contributed by atoms with van der Waals surface area (Å²) < 4.78 is 5.61. The number of benzene rings is 1. The van der Waals surface area contributed by atoms with Gasteiger partial charge in [0.15, 0.2) is 0 Å². The number of nitrogens with one attached hydrogen (secondary N) is 1. The molecule has 0 aliphatic carbocycles. The van der Waals surface area contributed by atoms with Crippen LogP contribution in [0.15, 0.2) is 24.3 Å². The molecule has 1 aromatic carbocycles. The van der Waals surface area contributed by atoms with E-state index in [0.717, 1.165) is 5.75 Å². The number of nitrogens with two attached hydrogens (primary N) is 1. The Morgan fingerprint density at radius 2 is 1.80 bits per heavy atom. The third kappa shape index (κ3) is 3.59. The van der Waals surface area contributed by atoms with Crippen molar-refractivity contribution >= 4 is 5.91 Å². The fourth-order valence-electron chi connectivity index (χ4n) is 1.11. The zero-order valence-corrected chi connectivity index (χ0v) is 9.20. The third-order valence-electron chi connectivity index (χ3n) is 1.67. The summed E-state index contributed by atoms with van der Waals surface area (Å²) in [6.07, 6.45) is 0. The van der Waals surface area contributed by atoms with E-state index in [1.165, 1.54) is 0 Å². The molecule has 1 rings (SSSR count). The first-order valence-corrected chi connectivity index (χ1v) is 4.72. The summed E-state index contributed by atoms with van der Waals surface area (Å²) >= 11 is 0. The number of hydrazine groups is 1. The van der Waals surface area contributed by atoms with Crippen molar-refractivity contribution in [2.75, 3.05) is 0 Å². The second-order valence-corrected chi connectivity index (χ2v) is 4.21. The summed E-state index contributed by atoms with van der Waals surface area (Å²) in [4.78, 5) is 11.1. The van der Waals surface area contributed by atoms with E-state index in [1.807, 2.05) is 20.8 Å². The zero-order valence-electron chi connectivity index (χ0n) is 9.20. The predicted octanol–water partition coefficient (Wildman–Crippen LogP) is 1.47. The molecule has 1 aromatic rings. The van der Waals surface area contributed by atoms with Crippen LogP contribution in [0.5, 0.6) is 5.75 Å². The standard InChI is InChI=1S/C11H16N2O2/c1-11(2,3)15-9-6-4-8(5-7-9)10(14)13-12/h4-7H,12H2,1-3H3,(H,13,14). The third-order valence-corrected chi connectivity index (χ3v) is 1.67. The molecular formula is C11H16N2O2. The van der Waals surface area contributed by atoms with Crippen molar-refractivity contribution in [3.8, 4) is 5.75 Å². The molecule has 0 bridgehead atoms. The van der Waals surface area contributed by atoms with Gasteiger partial charge in [-0.25, -0.2) is 5.84 Å². The van der Waals surface area contributed by atoms with Gasteiger partial charge in [0.25, 0.3) is 5.91 Å². The summed E-state index contributed by atoms with van der Waals surface area (Å²) in [6.45, 7) is 5.90. The molecule has 0 radical (unpaired) electrons. The average molecular weight is 208 g/mol. The monoisotopic (exact) mass is 208 g/mol. The van der Waals surface area contributed by atoms with Gasteiger partial charge in [-0.3, -0.25) is 10.2 Å². The van der Waals surface area contributed by atoms with E-state index in [9.17, 15) is 4.79 Å². The number of carbonyl (C=O) groups is 1. The van der Waals surface area contributed by atoms with E-state index < -0.39 is 0 Å². The van der Waals surface area contributed by atoms with Gasteiger partial charge in [0, 0.05) is 5.56 Å². The Balaban J connectivity index is 2.77. The van der Waals surface area contributed by atoms with Crippen LogP contribution in [0.2, 0.25) is 0 Å². The highest BCUT2D eigenvalue weighted by atomic mass is 16.5. The van der Waals surface area contributed by atoms with E-state index in [4.69, 9.17) is 10.6 Å². The van der Waals surface area contributed by atoms with E-state index in [1.54, 1.807) is 24.3 Å². The predicted molar refractivity (Wildman–Crippen MR) is 58.5 cm³/mol. The lowest BCUT2D eigenvalue weighted by Gasteiger charge is -2.21. The van der Waals surface area contributed by atoms with Crippen molar-refractivity contribution in [2.45, 2.75) is 26.4 Å². The SMILES string of the molecule is CC(C)(C)Oc1ccc(C(=O)NN)cc1. The number of carbonyl (C=O) groups excluding carboxylic acids is 1. The molecule has 3 N–H and O–H groups in total. The molecule has 0 saturated carbocycles. The van der Waals surface area contributed by atoms with Crippen molar-refractivity contribution in [1.29, 1.82) is 0 Å². The molecular weight excluding hydrogens is 192 g/mol. The first-order valence-electron chi connectivity index (χ1n) is 4.72. The second kappa shape index (κ2) is 4.31. The molecule has 0 spiro atoms. The van der Waals surface area contributed by atoms with Crippen molar-refractivity contribution in [3.05, 3.63) is 29.8 Å². The lowest BCUT2D eigenvalue weighted by atomic mass is 10.1. The van der Waals surface area contributed by atoms with Gasteiger partial charge >= 0.3 is 0 Å². The topological polar surface area (TPSA) is 64.3 Å². The van der Waals surface area contributed by atoms with E-state index in [0.29, 0.717) is 5.56 Å². The van der Waals surface area contributed by atoms with Gasteiger partial charge < -0.3 is 4.74 Å². The molecule has 4 heteroatoms. The number of amides is 1. The average Bonchev–Trinajstić information content (AvgIpc) is 2.15. The van der Waals surface area contributed by atoms with Gasteiger partial charge in [-0.2, -0.15) is 0 Å². The van der Waals surface area contributed by atoms with Crippen LogP contribution in [0.1, 0.15) is 31.1 Å². The van der Waals surface area contributed by atoms with Crippen LogP contribution in [0.25, 0.3) is 0 Å². The zero-order chi connectivity index (χ0) is 11.5. The van der Waals surface area contributed by atoms with Crippen LogP contribution in [0, 0.1) is 0 Å². The first kappa shape index (κ1) is 11.5. The van der Waals surface area contributed by atoms with E-state index in [2.05, 4.69) is 5.43 Å². The molecule has 82 valence electrons. The van der Waals surface area contributed by atoms with Crippen LogP contribution in [-0.2, 0) is 0 Å². The summed E-state index contributed by atoms with van der Waals surface area (Å²) in [5.74, 6) is 5.44. The van der Waals surface area contributed by atoms with Gasteiger partial charge in [0.05, 0.1) is 0 Å². The Kier molecular flexibility index (Phi) is 3.31. The molecule has 0 atom stereocenters. The van der Waals surface area contributed by atoms with Crippen LogP contribution < -0.4 is 16.0 Å². The Morgan fingerprint density at radius 1 is 1.27 bits per heavy atom. The highest BCUT2D eigenvalue weighted by Gasteiger charge is 2.11. The largest absolute Gasteiger partial charge is 0.488 e. The van der Waals surface area contributed by atoms with Crippen LogP contribution in [-0.4, -0.2) is 11.5 Å². The summed E-state index contributed by atoms with van der Waals surface area (Å²) in [5.41, 5.74) is 2.34. The minimum Gasteiger partial charge on any atom is -0.488 e. The molecule has 0 aliphatic heterocycles. The molecule has 0 fully saturated rings. The minimum absolute atomic E-state index is 0.238. The van der Waals surface area contributed by atoms with Gasteiger partial charge in [0.1, 0.15) is 11.4 Å². The van der Waals surface area contributed by atoms with Crippen molar-refractivity contribution in [2.24, 2.45) is 5.84 Å². The summed E-state index contributed by atoms with van der Waals surface area (Å²) in [6, 6.07) is 6.83. The maximum atomic E-state index is 11.1.